The number of nitrogens with one attached hydrogen (secondary N) is 1. The van der Waals surface area contributed by atoms with Gasteiger partial charge < -0.3 is 14.9 Å². The number of ketones is 1. The van der Waals surface area contributed by atoms with Gasteiger partial charge in [0.1, 0.15) is 23.7 Å². The van der Waals surface area contributed by atoms with Gasteiger partial charge in [0.2, 0.25) is 6.73 Å². The van der Waals surface area contributed by atoms with Crippen LogP contribution in [0.25, 0.3) is 0 Å². The van der Waals surface area contributed by atoms with Gasteiger partial charge in [0.05, 0.1) is 6.10 Å². The van der Waals surface area contributed by atoms with E-state index in [1.807, 2.05) is 18.3 Å². The summed E-state index contributed by atoms with van der Waals surface area (Å²) in [5.41, 5.74) is 3.26. The molecule has 6 heteroatoms. The number of quaternary nitrogens is 1. The Balaban J connectivity index is 1.19. The highest BCUT2D eigenvalue weighted by atomic mass is 16.5. The van der Waals surface area contributed by atoms with Crippen LogP contribution in [0.1, 0.15) is 103 Å². The molecule has 0 saturated heterocycles. The van der Waals surface area contributed by atoms with Crippen LogP contribution in [0.3, 0.4) is 0 Å². The molecule has 0 spiro atoms. The van der Waals surface area contributed by atoms with Gasteiger partial charge in [-0.1, -0.05) is 71.3 Å². The number of carbonyl (C=O) groups excluding carboxylic acids is 1. The zero-order chi connectivity index (χ0) is 27.6. The van der Waals surface area contributed by atoms with Crippen LogP contribution < -0.4 is 9.64 Å². The summed E-state index contributed by atoms with van der Waals surface area (Å²) < 4.78 is 6.10. The van der Waals surface area contributed by atoms with Gasteiger partial charge in [-0.15, -0.1) is 0 Å². The van der Waals surface area contributed by atoms with Crippen molar-refractivity contribution in [2.24, 2.45) is 16.8 Å². The maximum Gasteiger partial charge on any atom is 0.227 e. The van der Waals surface area contributed by atoms with E-state index in [4.69, 9.17) is 4.74 Å². The number of aromatic hydroxyl groups is 1. The average Bonchev–Trinajstić information content (AvgIpc) is 3.50. The Labute approximate surface area is 234 Å². The Bertz CT molecular complexity index is 1040. The molecule has 1 saturated carbocycles. The highest BCUT2D eigenvalue weighted by Gasteiger charge is 2.36. The molecule has 2 aliphatic heterocycles. The first-order valence-corrected chi connectivity index (χ1v) is 15.4. The second kappa shape index (κ2) is 14.8. The predicted octanol–water partition coefficient (Wildman–Crippen LogP) is 5.68. The first-order chi connectivity index (χ1) is 18.9. The first-order valence-electron chi connectivity index (χ1n) is 15.4. The van der Waals surface area contributed by atoms with Gasteiger partial charge in [0.15, 0.2) is 11.5 Å². The average molecular weight is 538 g/mol. The number of aliphatic hydroxyl groups excluding tert-OH is 1. The molecule has 39 heavy (non-hydrogen) atoms. The molecule has 3 aliphatic rings. The predicted molar refractivity (Wildman–Crippen MR) is 156 cm³/mol. The van der Waals surface area contributed by atoms with Crippen LogP contribution in [-0.4, -0.2) is 41.1 Å². The molecular formula is C33H49N2O4+. The molecule has 1 fully saturated rings. The van der Waals surface area contributed by atoms with E-state index in [0.29, 0.717) is 43.7 Å². The highest BCUT2D eigenvalue weighted by molar-refractivity contribution is 5.80. The molecule has 0 radical (unpaired) electrons. The number of aliphatic imine (C=N–C) groups is 1. The van der Waals surface area contributed by atoms with E-state index >= 15 is 0 Å². The van der Waals surface area contributed by atoms with Crippen molar-refractivity contribution >= 4 is 12.0 Å². The lowest BCUT2D eigenvalue weighted by molar-refractivity contribution is -0.880. The molecular weight excluding hydrogens is 488 g/mol. The van der Waals surface area contributed by atoms with Crippen LogP contribution in [0, 0.1) is 11.8 Å². The summed E-state index contributed by atoms with van der Waals surface area (Å²) in [5, 5.41) is 20.8. The number of benzene rings is 1. The summed E-state index contributed by atoms with van der Waals surface area (Å²) in [5.74, 6) is 2.15. The van der Waals surface area contributed by atoms with Crippen molar-refractivity contribution in [2.45, 2.75) is 116 Å². The number of rotatable bonds is 16. The lowest BCUT2D eigenvalue weighted by atomic mass is 9.85. The van der Waals surface area contributed by atoms with E-state index in [9.17, 15) is 15.0 Å². The summed E-state index contributed by atoms with van der Waals surface area (Å²) in [6.07, 6.45) is 20.0. The Morgan fingerprint density at radius 2 is 1.95 bits per heavy atom. The molecule has 3 N–H and O–H groups in total. The lowest BCUT2D eigenvalue weighted by Crippen LogP contribution is -3.11. The molecule has 214 valence electrons. The summed E-state index contributed by atoms with van der Waals surface area (Å²) in [6.45, 7) is 4.89. The third kappa shape index (κ3) is 9.04. The van der Waals surface area contributed by atoms with E-state index in [1.165, 1.54) is 49.0 Å². The number of aryl methyl sites for hydroxylation is 1. The number of hydrogen-bond acceptors (Lipinski definition) is 5. The lowest BCUT2D eigenvalue weighted by Gasteiger charge is -2.22. The molecule has 1 aromatic carbocycles. The van der Waals surface area contributed by atoms with Gasteiger partial charge in [-0.2, -0.15) is 0 Å². The molecule has 0 bridgehead atoms. The topological polar surface area (TPSA) is 83.6 Å². The smallest absolute Gasteiger partial charge is 0.227 e. The van der Waals surface area contributed by atoms with Crippen molar-refractivity contribution in [1.29, 1.82) is 0 Å². The van der Waals surface area contributed by atoms with Crippen molar-refractivity contribution in [3.8, 4) is 11.5 Å². The summed E-state index contributed by atoms with van der Waals surface area (Å²) in [7, 11) is 0. The van der Waals surface area contributed by atoms with Gasteiger partial charge in [-0.05, 0) is 54.9 Å². The van der Waals surface area contributed by atoms with Crippen LogP contribution in [0.4, 0.5) is 0 Å². The number of hydrogen-bond donors (Lipinski definition) is 3. The third-order valence-electron chi connectivity index (χ3n) is 8.64. The molecule has 2 unspecified atom stereocenters. The quantitative estimate of drug-likeness (QED) is 0.237. The fourth-order valence-corrected chi connectivity index (χ4v) is 6.26. The molecule has 2 heterocycles. The van der Waals surface area contributed by atoms with Crippen LogP contribution in [0.15, 0.2) is 46.7 Å². The van der Waals surface area contributed by atoms with Crippen molar-refractivity contribution in [1.82, 2.24) is 0 Å². The Morgan fingerprint density at radius 1 is 1.13 bits per heavy atom. The van der Waals surface area contributed by atoms with E-state index in [0.717, 1.165) is 42.9 Å². The normalized spacial score (nSPS) is 21.6. The third-order valence-corrected chi connectivity index (χ3v) is 8.64. The molecule has 1 aliphatic carbocycles. The van der Waals surface area contributed by atoms with Crippen molar-refractivity contribution in [2.75, 3.05) is 6.73 Å². The number of phenols is 1. The maximum absolute atomic E-state index is 12.5. The number of allylic oxidation sites excluding steroid dienone is 1. The largest absolute Gasteiger partial charge is 0.504 e. The summed E-state index contributed by atoms with van der Waals surface area (Å²) in [6, 6.07) is 5.64. The van der Waals surface area contributed by atoms with Crippen LogP contribution in [0.5, 0.6) is 11.5 Å². The molecule has 4 rings (SSSR count). The number of fused-ring (bicyclic) bond motifs is 1. The van der Waals surface area contributed by atoms with E-state index in [2.05, 4.69) is 31.1 Å². The van der Waals surface area contributed by atoms with Gasteiger partial charge in [0.25, 0.3) is 0 Å². The zero-order valence-electron chi connectivity index (χ0n) is 24.0. The van der Waals surface area contributed by atoms with Crippen molar-refractivity contribution in [3.05, 3.63) is 47.3 Å². The highest BCUT2D eigenvalue weighted by Crippen LogP contribution is 2.30. The standard InChI is InChI=1S/C33H48N2O4/c1-24(2)12-16-31-29-18-19-34-30(29)22-35(31)23-39-33-20-26(14-17-32(33)38)13-15-28(37)21-27(36)11-7-6-10-25-8-4-3-5-9-25/h14,17-20,22,24-25,27,31,36,38H,3-13,15-16,21,23H2,1-2H3/p+1/t27-,31?/m1/s1. The van der Waals surface area contributed by atoms with E-state index in [1.54, 1.807) is 6.07 Å². The van der Waals surface area contributed by atoms with Gasteiger partial charge in [-0.3, -0.25) is 14.7 Å². The number of ether oxygens (including phenoxy) is 1. The second-order valence-corrected chi connectivity index (χ2v) is 12.3. The molecule has 3 atom stereocenters. The number of carbonyl (C=O) groups is 1. The van der Waals surface area contributed by atoms with Gasteiger partial charge >= 0.3 is 0 Å². The monoisotopic (exact) mass is 537 g/mol. The Kier molecular flexibility index (Phi) is 11.2. The number of nitrogens with zero attached hydrogens (tertiary/aromatic N) is 1. The zero-order valence-corrected chi connectivity index (χ0v) is 24.0. The summed E-state index contributed by atoms with van der Waals surface area (Å²) >= 11 is 0. The SMILES string of the molecule is CC(C)CCC1C2=CC=NC2=C[NH+]1COc1cc(CCC(=O)C[C@H](O)CCCCC2CCCCC2)ccc1O. The molecule has 1 aromatic rings. The molecule has 6 nitrogen and oxygen atoms in total. The Morgan fingerprint density at radius 3 is 2.74 bits per heavy atom. The molecule has 0 amide bonds. The van der Waals surface area contributed by atoms with Gasteiger partial charge in [0, 0.05) is 31.1 Å². The molecule has 0 aromatic heterocycles. The number of Topliss-reactive ketones (excluding diaryl/α,β-unsaturated/α-hetero) is 1. The number of phenolic OH excluding ortho intramolecular Hbond substituents is 1. The van der Waals surface area contributed by atoms with E-state index in [-0.39, 0.29) is 18.0 Å². The minimum atomic E-state index is -0.539. The van der Waals surface area contributed by atoms with Crippen LogP contribution in [-0.2, 0) is 11.2 Å². The fourth-order valence-electron chi connectivity index (χ4n) is 6.26. The second-order valence-electron chi connectivity index (χ2n) is 12.3. The van der Waals surface area contributed by atoms with E-state index < -0.39 is 6.10 Å². The van der Waals surface area contributed by atoms with Crippen molar-refractivity contribution < 1.29 is 24.6 Å². The van der Waals surface area contributed by atoms with Crippen LogP contribution >= 0.6 is 0 Å². The van der Waals surface area contributed by atoms with Crippen LogP contribution in [0.2, 0.25) is 0 Å². The first kappa shape index (κ1) is 29.5. The minimum Gasteiger partial charge on any atom is -0.504 e. The number of unbranched alkanes of at least 4 members (excludes halogenated alkanes) is 1. The number of aliphatic hydroxyl groups is 1. The summed E-state index contributed by atoms with van der Waals surface area (Å²) in [4.78, 5) is 18.2. The minimum absolute atomic E-state index is 0.0897. The Hall–Kier alpha value is -2.44. The maximum atomic E-state index is 12.5. The fraction of sp³-hybridized carbons (Fsp3) is 0.636. The van der Waals surface area contributed by atoms with Crippen molar-refractivity contribution in [3.63, 3.8) is 0 Å². The van der Waals surface area contributed by atoms with Gasteiger partial charge in [-0.25, -0.2) is 0 Å².